The van der Waals surface area contributed by atoms with E-state index in [1.807, 2.05) is 0 Å². The molecule has 0 aromatic carbocycles. The van der Waals surface area contributed by atoms with Crippen molar-refractivity contribution in [3.63, 3.8) is 0 Å². The zero-order valence-corrected chi connectivity index (χ0v) is 13.1. The van der Waals surface area contributed by atoms with Crippen molar-refractivity contribution in [2.75, 3.05) is 13.2 Å². The fourth-order valence-electron chi connectivity index (χ4n) is 3.11. The molecule has 1 rings (SSSR count). The molecule has 0 aliphatic heterocycles. The molecule has 0 aromatic rings. The molecule has 118 valence electrons. The highest BCUT2D eigenvalue weighted by Crippen LogP contribution is 2.45. The number of esters is 2. The van der Waals surface area contributed by atoms with Gasteiger partial charge in [0.1, 0.15) is 13.2 Å². The summed E-state index contributed by atoms with van der Waals surface area (Å²) in [6.07, 6.45) is 6.82. The summed E-state index contributed by atoms with van der Waals surface area (Å²) in [6, 6.07) is 0. The standard InChI is InChI=1S/C17H26O4/c1-5-15(18)20-11-17(13(3)4,12-21-16(19)6-2)14-9-7-8-10-14/h5-6,13-14H,1-2,7-12H2,3-4H3. The zero-order valence-electron chi connectivity index (χ0n) is 13.1. The molecule has 0 unspecified atom stereocenters. The van der Waals surface area contributed by atoms with Crippen molar-refractivity contribution in [3.8, 4) is 0 Å². The van der Waals surface area contributed by atoms with E-state index in [1.54, 1.807) is 0 Å². The minimum Gasteiger partial charge on any atom is -0.462 e. The number of hydrogen-bond donors (Lipinski definition) is 0. The second-order valence-corrected chi connectivity index (χ2v) is 5.99. The largest absolute Gasteiger partial charge is 0.462 e. The van der Waals surface area contributed by atoms with Gasteiger partial charge in [-0.3, -0.25) is 0 Å². The van der Waals surface area contributed by atoms with E-state index in [9.17, 15) is 9.59 Å². The monoisotopic (exact) mass is 294 g/mol. The van der Waals surface area contributed by atoms with Crippen molar-refractivity contribution in [1.29, 1.82) is 0 Å². The van der Waals surface area contributed by atoms with E-state index in [0.29, 0.717) is 5.92 Å². The van der Waals surface area contributed by atoms with Crippen molar-refractivity contribution >= 4 is 11.9 Å². The van der Waals surface area contributed by atoms with E-state index in [-0.39, 0.29) is 24.5 Å². The van der Waals surface area contributed by atoms with Crippen LogP contribution in [-0.2, 0) is 19.1 Å². The smallest absolute Gasteiger partial charge is 0.330 e. The van der Waals surface area contributed by atoms with Crippen molar-refractivity contribution in [2.24, 2.45) is 17.3 Å². The maximum atomic E-state index is 11.4. The van der Waals surface area contributed by atoms with Crippen molar-refractivity contribution in [1.82, 2.24) is 0 Å². The molecule has 0 N–H and O–H groups in total. The fourth-order valence-corrected chi connectivity index (χ4v) is 3.11. The highest BCUT2D eigenvalue weighted by Gasteiger charge is 2.45. The lowest BCUT2D eigenvalue weighted by molar-refractivity contribution is -0.155. The van der Waals surface area contributed by atoms with Gasteiger partial charge in [0.05, 0.1) is 0 Å². The quantitative estimate of drug-likeness (QED) is 0.509. The molecule has 21 heavy (non-hydrogen) atoms. The van der Waals surface area contributed by atoms with Gasteiger partial charge >= 0.3 is 11.9 Å². The number of carbonyl (C=O) groups excluding carboxylic acids is 2. The van der Waals surface area contributed by atoms with E-state index >= 15 is 0 Å². The molecule has 1 saturated carbocycles. The average molecular weight is 294 g/mol. The van der Waals surface area contributed by atoms with Crippen LogP contribution < -0.4 is 0 Å². The molecule has 0 aromatic heterocycles. The SMILES string of the molecule is C=CC(=O)OCC(COC(=O)C=C)(C(C)C)C1CCCC1. The Morgan fingerprint density at radius 1 is 1.10 bits per heavy atom. The first-order valence-electron chi connectivity index (χ1n) is 7.54. The van der Waals surface area contributed by atoms with E-state index in [1.165, 1.54) is 12.8 Å². The van der Waals surface area contributed by atoms with Crippen LogP contribution in [-0.4, -0.2) is 25.2 Å². The molecule has 4 nitrogen and oxygen atoms in total. The Balaban J connectivity index is 2.90. The van der Waals surface area contributed by atoms with Crippen LogP contribution in [0.25, 0.3) is 0 Å². The predicted molar refractivity (Wildman–Crippen MR) is 81.5 cm³/mol. The lowest BCUT2D eigenvalue weighted by Crippen LogP contribution is -2.44. The van der Waals surface area contributed by atoms with Gasteiger partial charge in [-0.1, -0.05) is 39.8 Å². The molecule has 0 atom stereocenters. The summed E-state index contributed by atoms with van der Waals surface area (Å²) in [7, 11) is 0. The molecule has 0 radical (unpaired) electrons. The van der Waals surface area contributed by atoms with Crippen molar-refractivity contribution in [2.45, 2.75) is 39.5 Å². The topological polar surface area (TPSA) is 52.6 Å². The summed E-state index contributed by atoms with van der Waals surface area (Å²) in [5.74, 6) is -0.246. The van der Waals surface area contributed by atoms with Gasteiger partial charge < -0.3 is 9.47 Å². The average Bonchev–Trinajstić information content (AvgIpc) is 3.01. The first kappa shape index (κ1) is 17.5. The molecule has 0 spiro atoms. The number of ether oxygens (including phenoxy) is 2. The molecule has 0 bridgehead atoms. The minimum atomic E-state index is -0.437. The maximum absolute atomic E-state index is 11.4. The van der Waals surface area contributed by atoms with Crippen LogP contribution in [0.5, 0.6) is 0 Å². The molecular weight excluding hydrogens is 268 g/mol. The van der Waals surface area contributed by atoms with E-state index < -0.39 is 11.9 Å². The summed E-state index contributed by atoms with van der Waals surface area (Å²) in [5, 5.41) is 0. The molecule has 0 amide bonds. The summed E-state index contributed by atoms with van der Waals surface area (Å²) in [4.78, 5) is 22.9. The second kappa shape index (κ2) is 8.01. The molecule has 1 aliphatic carbocycles. The van der Waals surface area contributed by atoms with Gasteiger partial charge in [-0.25, -0.2) is 9.59 Å². The first-order valence-corrected chi connectivity index (χ1v) is 7.54. The van der Waals surface area contributed by atoms with Gasteiger partial charge in [0.2, 0.25) is 0 Å². The van der Waals surface area contributed by atoms with Gasteiger partial charge in [-0.2, -0.15) is 0 Å². The van der Waals surface area contributed by atoms with Crippen LogP contribution in [0, 0.1) is 17.3 Å². The second-order valence-electron chi connectivity index (χ2n) is 5.99. The predicted octanol–water partition coefficient (Wildman–Crippen LogP) is 3.28. The molecular formula is C17H26O4. The van der Waals surface area contributed by atoms with Crippen LogP contribution in [0.15, 0.2) is 25.3 Å². The van der Waals surface area contributed by atoms with Gasteiger partial charge in [0, 0.05) is 17.6 Å². The van der Waals surface area contributed by atoms with Crippen LogP contribution in [0.1, 0.15) is 39.5 Å². The van der Waals surface area contributed by atoms with Crippen LogP contribution >= 0.6 is 0 Å². The lowest BCUT2D eigenvalue weighted by atomic mass is 9.68. The van der Waals surface area contributed by atoms with Gasteiger partial charge in [0.25, 0.3) is 0 Å². The number of carbonyl (C=O) groups is 2. The van der Waals surface area contributed by atoms with Gasteiger partial charge in [0.15, 0.2) is 0 Å². The van der Waals surface area contributed by atoms with Crippen LogP contribution in [0.4, 0.5) is 0 Å². The molecule has 1 aliphatic rings. The fraction of sp³-hybridized carbons (Fsp3) is 0.647. The third kappa shape index (κ3) is 4.45. The van der Waals surface area contributed by atoms with Crippen molar-refractivity contribution < 1.29 is 19.1 Å². The summed E-state index contributed by atoms with van der Waals surface area (Å²) in [5.41, 5.74) is -0.339. The molecule has 0 heterocycles. The maximum Gasteiger partial charge on any atom is 0.330 e. The lowest BCUT2D eigenvalue weighted by Gasteiger charge is -2.41. The third-order valence-electron chi connectivity index (χ3n) is 4.62. The summed E-state index contributed by atoms with van der Waals surface area (Å²) >= 11 is 0. The summed E-state index contributed by atoms with van der Waals surface area (Å²) in [6.45, 7) is 11.5. The van der Waals surface area contributed by atoms with E-state index in [0.717, 1.165) is 25.0 Å². The zero-order chi connectivity index (χ0) is 15.9. The highest BCUT2D eigenvalue weighted by molar-refractivity contribution is 5.81. The Hall–Kier alpha value is -1.58. The normalized spacial score (nSPS) is 15.8. The van der Waals surface area contributed by atoms with Crippen molar-refractivity contribution in [3.05, 3.63) is 25.3 Å². The Morgan fingerprint density at radius 3 is 1.86 bits per heavy atom. The van der Waals surface area contributed by atoms with Crippen LogP contribution in [0.2, 0.25) is 0 Å². The molecule has 1 fully saturated rings. The summed E-state index contributed by atoms with van der Waals surface area (Å²) < 4.78 is 10.6. The molecule has 4 heteroatoms. The Bertz CT molecular complexity index is 368. The van der Waals surface area contributed by atoms with E-state index in [4.69, 9.17) is 9.47 Å². The van der Waals surface area contributed by atoms with Crippen LogP contribution in [0.3, 0.4) is 0 Å². The third-order valence-corrected chi connectivity index (χ3v) is 4.62. The first-order chi connectivity index (χ1) is 9.96. The highest BCUT2D eigenvalue weighted by atomic mass is 16.5. The Labute approximate surface area is 127 Å². The molecule has 0 saturated heterocycles. The van der Waals surface area contributed by atoms with Gasteiger partial charge in [-0.15, -0.1) is 0 Å². The number of hydrogen-bond acceptors (Lipinski definition) is 4. The van der Waals surface area contributed by atoms with Gasteiger partial charge in [-0.05, 0) is 24.7 Å². The van der Waals surface area contributed by atoms with E-state index in [2.05, 4.69) is 27.0 Å². The number of rotatable bonds is 8. The Morgan fingerprint density at radius 2 is 1.52 bits per heavy atom. The minimum absolute atomic E-state index is 0.232. The Kier molecular flexibility index (Phi) is 6.66.